The van der Waals surface area contributed by atoms with Gasteiger partial charge in [0.25, 0.3) is 5.19 Å². The lowest BCUT2D eigenvalue weighted by molar-refractivity contribution is 0.402. The minimum absolute atomic E-state index is 0.128. The Kier molecular flexibility index (Phi) is 5.55. The molecule has 6 nitrogen and oxygen atoms in total. The van der Waals surface area contributed by atoms with Crippen LogP contribution in [0, 0.1) is 6.92 Å². The van der Waals surface area contributed by atoms with E-state index in [1.807, 2.05) is 12.3 Å². The summed E-state index contributed by atoms with van der Waals surface area (Å²) in [4.78, 5) is 4.18. The zero-order valence-electron chi connectivity index (χ0n) is 14.3. The minimum Gasteiger partial charge on any atom is -0.495 e. The van der Waals surface area contributed by atoms with Crippen LogP contribution >= 0.6 is 11.3 Å². The number of hydrogen-bond acceptors (Lipinski definition) is 6. The number of sulfonamides is 1. The lowest BCUT2D eigenvalue weighted by Gasteiger charge is -2.12. The second-order valence-electron chi connectivity index (χ2n) is 5.52. The van der Waals surface area contributed by atoms with E-state index in [9.17, 15) is 8.42 Å². The van der Waals surface area contributed by atoms with Crippen LogP contribution in [0.3, 0.4) is 0 Å². The second-order valence-corrected chi connectivity index (χ2v) is 8.12. The van der Waals surface area contributed by atoms with Gasteiger partial charge in [0.15, 0.2) is 0 Å². The molecule has 0 fully saturated rings. The third-order valence-electron chi connectivity index (χ3n) is 3.61. The van der Waals surface area contributed by atoms with Crippen LogP contribution in [-0.4, -0.2) is 20.5 Å². The van der Waals surface area contributed by atoms with Gasteiger partial charge in [-0.05, 0) is 42.3 Å². The van der Waals surface area contributed by atoms with Gasteiger partial charge < -0.3 is 9.47 Å². The van der Waals surface area contributed by atoms with Gasteiger partial charge in [-0.15, -0.1) is 0 Å². The number of rotatable bonds is 7. The van der Waals surface area contributed by atoms with Crippen molar-refractivity contribution >= 4 is 21.4 Å². The quantitative estimate of drug-likeness (QED) is 0.665. The molecule has 136 valence electrons. The van der Waals surface area contributed by atoms with Crippen LogP contribution in [0.25, 0.3) is 0 Å². The van der Waals surface area contributed by atoms with E-state index in [1.54, 1.807) is 48.7 Å². The van der Waals surface area contributed by atoms with E-state index in [0.29, 0.717) is 16.7 Å². The Hall–Kier alpha value is -2.42. The van der Waals surface area contributed by atoms with Crippen molar-refractivity contribution in [2.45, 2.75) is 18.4 Å². The highest BCUT2D eigenvalue weighted by Crippen LogP contribution is 2.25. The number of hydrogen-bond donors (Lipinski definition) is 1. The summed E-state index contributed by atoms with van der Waals surface area (Å²) in [7, 11) is -2.24. The van der Waals surface area contributed by atoms with E-state index in [0.717, 1.165) is 11.1 Å². The Morgan fingerprint density at radius 3 is 2.58 bits per heavy atom. The van der Waals surface area contributed by atoms with Crippen molar-refractivity contribution in [3.63, 3.8) is 0 Å². The van der Waals surface area contributed by atoms with E-state index in [-0.39, 0.29) is 11.4 Å². The molecule has 0 bridgehead atoms. The van der Waals surface area contributed by atoms with Gasteiger partial charge in [-0.1, -0.05) is 29.5 Å². The fourth-order valence-corrected chi connectivity index (χ4v) is 4.06. The maximum Gasteiger partial charge on any atom is 0.278 e. The molecule has 0 spiro atoms. The third-order valence-corrected chi connectivity index (χ3v) is 5.68. The van der Waals surface area contributed by atoms with Crippen molar-refractivity contribution in [3.05, 3.63) is 65.2 Å². The van der Waals surface area contributed by atoms with Gasteiger partial charge in [-0.2, -0.15) is 0 Å². The summed E-state index contributed by atoms with van der Waals surface area (Å²) in [5, 5.41) is 2.39. The van der Waals surface area contributed by atoms with Gasteiger partial charge in [0.1, 0.15) is 16.4 Å². The molecule has 0 atom stereocenters. The maximum absolute atomic E-state index is 12.6. The first kappa shape index (κ1) is 18.4. The standard InChI is InChI=1S/C18H18N2O4S2/c1-13-3-8-16(23-2)17(11-13)26(21,22)20-12-14-4-6-15(7-5-14)24-18-19-9-10-25-18/h3-11,20H,12H2,1-2H3. The maximum atomic E-state index is 12.6. The molecule has 0 unspecified atom stereocenters. The van der Waals surface area contributed by atoms with Crippen molar-refractivity contribution in [1.29, 1.82) is 0 Å². The second kappa shape index (κ2) is 7.86. The molecular formula is C18H18N2O4S2. The van der Waals surface area contributed by atoms with Gasteiger partial charge in [0, 0.05) is 18.1 Å². The number of methoxy groups -OCH3 is 1. The molecular weight excluding hydrogens is 372 g/mol. The number of aryl methyl sites for hydroxylation is 1. The summed E-state index contributed by atoms with van der Waals surface area (Å²) >= 11 is 1.40. The predicted octanol–water partition coefficient (Wildman–Crippen LogP) is 3.73. The van der Waals surface area contributed by atoms with Gasteiger partial charge in [-0.3, -0.25) is 0 Å². The number of nitrogens with zero attached hydrogens (tertiary/aromatic N) is 1. The van der Waals surface area contributed by atoms with Crippen LogP contribution in [0.1, 0.15) is 11.1 Å². The summed E-state index contributed by atoms with van der Waals surface area (Å²) < 4.78 is 38.5. The van der Waals surface area contributed by atoms with Gasteiger partial charge in [0.2, 0.25) is 10.0 Å². The topological polar surface area (TPSA) is 77.5 Å². The number of thiazole rings is 1. The molecule has 8 heteroatoms. The fourth-order valence-electron chi connectivity index (χ4n) is 2.29. The molecule has 3 rings (SSSR count). The number of ether oxygens (including phenoxy) is 2. The first-order chi connectivity index (χ1) is 12.5. The number of nitrogens with one attached hydrogen (secondary N) is 1. The highest BCUT2D eigenvalue weighted by molar-refractivity contribution is 7.89. The Bertz CT molecular complexity index is 969. The van der Waals surface area contributed by atoms with Crippen LogP contribution in [0.15, 0.2) is 58.9 Å². The zero-order chi connectivity index (χ0) is 18.6. The molecule has 1 aromatic heterocycles. The van der Waals surface area contributed by atoms with Crippen molar-refractivity contribution < 1.29 is 17.9 Å². The van der Waals surface area contributed by atoms with E-state index < -0.39 is 10.0 Å². The summed E-state index contributed by atoms with van der Waals surface area (Å²) in [5.41, 5.74) is 1.65. The van der Waals surface area contributed by atoms with Crippen LogP contribution in [0.5, 0.6) is 16.7 Å². The number of aromatic nitrogens is 1. The smallest absolute Gasteiger partial charge is 0.278 e. The Morgan fingerprint density at radius 2 is 1.92 bits per heavy atom. The summed E-state index contributed by atoms with van der Waals surface area (Å²) in [6, 6.07) is 12.2. The molecule has 0 saturated carbocycles. The molecule has 3 aromatic rings. The zero-order valence-corrected chi connectivity index (χ0v) is 15.9. The van der Waals surface area contributed by atoms with Gasteiger partial charge >= 0.3 is 0 Å². The highest BCUT2D eigenvalue weighted by Gasteiger charge is 2.19. The molecule has 2 aromatic carbocycles. The largest absolute Gasteiger partial charge is 0.495 e. The van der Waals surface area contributed by atoms with Crippen LogP contribution < -0.4 is 14.2 Å². The molecule has 1 heterocycles. The van der Waals surface area contributed by atoms with Crippen molar-refractivity contribution in [2.75, 3.05) is 7.11 Å². The van der Waals surface area contributed by atoms with E-state index in [2.05, 4.69) is 9.71 Å². The van der Waals surface area contributed by atoms with Crippen molar-refractivity contribution in [1.82, 2.24) is 9.71 Å². The van der Waals surface area contributed by atoms with Crippen molar-refractivity contribution in [2.24, 2.45) is 0 Å². The summed E-state index contributed by atoms with van der Waals surface area (Å²) in [6.45, 7) is 2.00. The summed E-state index contributed by atoms with van der Waals surface area (Å²) in [5.74, 6) is 0.960. The lowest BCUT2D eigenvalue weighted by atomic mass is 10.2. The average molecular weight is 390 g/mol. The van der Waals surface area contributed by atoms with E-state index >= 15 is 0 Å². The van der Waals surface area contributed by atoms with E-state index in [1.165, 1.54) is 18.4 Å². The predicted molar refractivity (Wildman–Crippen MR) is 100 cm³/mol. The Morgan fingerprint density at radius 1 is 1.15 bits per heavy atom. The molecule has 1 N–H and O–H groups in total. The SMILES string of the molecule is COc1ccc(C)cc1S(=O)(=O)NCc1ccc(Oc2nccs2)cc1. The molecule has 0 aliphatic heterocycles. The Balaban J connectivity index is 1.69. The molecule has 0 radical (unpaired) electrons. The molecule has 26 heavy (non-hydrogen) atoms. The molecule has 0 aliphatic rings. The first-order valence-electron chi connectivity index (χ1n) is 7.78. The molecule has 0 amide bonds. The van der Waals surface area contributed by atoms with Crippen LogP contribution in [0.4, 0.5) is 0 Å². The van der Waals surface area contributed by atoms with Crippen molar-refractivity contribution in [3.8, 4) is 16.7 Å². The van der Waals surface area contributed by atoms with Crippen LogP contribution in [0.2, 0.25) is 0 Å². The summed E-state index contributed by atoms with van der Waals surface area (Å²) in [6.07, 6.45) is 1.67. The normalized spacial score (nSPS) is 11.3. The van der Waals surface area contributed by atoms with Gasteiger partial charge in [0.05, 0.1) is 7.11 Å². The first-order valence-corrected chi connectivity index (χ1v) is 10.1. The molecule has 0 aliphatic carbocycles. The van der Waals surface area contributed by atoms with Crippen LogP contribution in [-0.2, 0) is 16.6 Å². The highest BCUT2D eigenvalue weighted by atomic mass is 32.2. The number of benzene rings is 2. The Labute approximate surface area is 156 Å². The van der Waals surface area contributed by atoms with Gasteiger partial charge in [-0.25, -0.2) is 18.1 Å². The fraction of sp³-hybridized carbons (Fsp3) is 0.167. The molecule has 0 saturated heterocycles. The minimum atomic E-state index is -3.69. The average Bonchev–Trinajstić information content (AvgIpc) is 3.14. The monoisotopic (exact) mass is 390 g/mol. The third kappa shape index (κ3) is 4.40. The lowest BCUT2D eigenvalue weighted by Crippen LogP contribution is -2.23. The van der Waals surface area contributed by atoms with E-state index in [4.69, 9.17) is 9.47 Å².